The fourth-order valence-corrected chi connectivity index (χ4v) is 3.89. The number of nitro benzene ring substituents is 1. The van der Waals surface area contributed by atoms with Gasteiger partial charge in [0, 0.05) is 6.04 Å². The van der Waals surface area contributed by atoms with Crippen LogP contribution in [0.1, 0.15) is 25.7 Å². The molecule has 7 nitrogen and oxygen atoms in total. The maximum absolute atomic E-state index is 13.5. The van der Waals surface area contributed by atoms with Gasteiger partial charge in [-0.05, 0) is 25.0 Å². The van der Waals surface area contributed by atoms with Gasteiger partial charge in [-0.15, -0.1) is 0 Å². The summed E-state index contributed by atoms with van der Waals surface area (Å²) in [5.74, 6) is -1.22. The number of benzene rings is 1. The van der Waals surface area contributed by atoms with Crippen LogP contribution < -0.4 is 4.72 Å². The van der Waals surface area contributed by atoms with E-state index in [1.165, 1.54) is 0 Å². The molecule has 9 heteroatoms. The molecule has 0 amide bonds. The van der Waals surface area contributed by atoms with Crippen molar-refractivity contribution in [2.24, 2.45) is 0 Å². The molecule has 1 saturated carbocycles. The summed E-state index contributed by atoms with van der Waals surface area (Å²) in [5, 5.41) is 20.6. The predicted molar refractivity (Wildman–Crippen MR) is 71.6 cm³/mol. The second-order valence-electron chi connectivity index (χ2n) is 4.92. The molecule has 0 aliphatic heterocycles. The van der Waals surface area contributed by atoms with Crippen LogP contribution in [0.3, 0.4) is 0 Å². The molecule has 0 spiro atoms. The van der Waals surface area contributed by atoms with Crippen LogP contribution in [0.5, 0.6) is 0 Å². The van der Waals surface area contributed by atoms with Crippen molar-refractivity contribution in [2.75, 3.05) is 0 Å². The number of aliphatic hydroxyl groups excluding tert-OH is 1. The minimum absolute atomic E-state index is 0.434. The van der Waals surface area contributed by atoms with Gasteiger partial charge in [0.15, 0.2) is 4.90 Å². The monoisotopic (exact) mass is 318 g/mol. The Balaban J connectivity index is 2.36. The molecule has 0 radical (unpaired) electrons. The number of halogens is 1. The van der Waals surface area contributed by atoms with E-state index in [0.717, 1.165) is 31.0 Å². The van der Waals surface area contributed by atoms with Gasteiger partial charge in [0.2, 0.25) is 15.8 Å². The van der Waals surface area contributed by atoms with Crippen molar-refractivity contribution in [3.63, 3.8) is 0 Å². The predicted octanol–water partition coefficient (Wildman–Crippen LogP) is 1.32. The Labute approximate surface area is 121 Å². The number of sulfonamides is 1. The van der Waals surface area contributed by atoms with Crippen molar-refractivity contribution < 1.29 is 22.8 Å². The summed E-state index contributed by atoms with van der Waals surface area (Å²) in [7, 11) is -4.28. The highest BCUT2D eigenvalue weighted by atomic mass is 32.2. The molecule has 2 atom stereocenters. The van der Waals surface area contributed by atoms with Crippen molar-refractivity contribution in [2.45, 2.75) is 42.7 Å². The van der Waals surface area contributed by atoms with Crippen molar-refractivity contribution in [3.05, 3.63) is 34.1 Å². The molecule has 1 aromatic rings. The summed E-state index contributed by atoms with van der Waals surface area (Å²) in [5.41, 5.74) is -1.09. The zero-order valence-electron chi connectivity index (χ0n) is 11.0. The van der Waals surface area contributed by atoms with E-state index in [9.17, 15) is 28.0 Å². The van der Waals surface area contributed by atoms with E-state index in [1.807, 2.05) is 0 Å². The first-order valence-electron chi connectivity index (χ1n) is 6.46. The van der Waals surface area contributed by atoms with Crippen LogP contribution in [0.15, 0.2) is 23.1 Å². The van der Waals surface area contributed by atoms with Crippen molar-refractivity contribution in [3.8, 4) is 0 Å². The van der Waals surface area contributed by atoms with Gasteiger partial charge in [-0.3, -0.25) is 10.1 Å². The standard InChI is InChI=1S/C12H15FN2O5S/c13-8-4-3-7-11(12(8)15(17)18)21(19,20)14-9-5-1-2-6-10(9)16/h3-4,7,9-10,14,16H,1-2,5-6H2. The summed E-state index contributed by atoms with van der Waals surface area (Å²) in [6.45, 7) is 0. The summed E-state index contributed by atoms with van der Waals surface area (Å²) in [6.07, 6.45) is 1.58. The Bertz CT molecular complexity index is 649. The molecule has 21 heavy (non-hydrogen) atoms. The lowest BCUT2D eigenvalue weighted by Gasteiger charge is -2.27. The lowest BCUT2D eigenvalue weighted by Crippen LogP contribution is -2.45. The number of para-hydroxylation sites is 1. The fraction of sp³-hybridized carbons (Fsp3) is 0.500. The quantitative estimate of drug-likeness (QED) is 0.642. The van der Waals surface area contributed by atoms with Crippen molar-refractivity contribution >= 4 is 15.7 Å². The molecule has 0 saturated heterocycles. The van der Waals surface area contributed by atoms with E-state index < -0.39 is 43.5 Å². The van der Waals surface area contributed by atoms with Gasteiger partial charge in [0.25, 0.3) is 0 Å². The lowest BCUT2D eigenvalue weighted by molar-refractivity contribution is -0.390. The average molecular weight is 318 g/mol. The molecule has 1 aromatic carbocycles. The van der Waals surface area contributed by atoms with Gasteiger partial charge in [0.05, 0.1) is 11.0 Å². The first kappa shape index (κ1) is 15.8. The van der Waals surface area contributed by atoms with Crippen LogP contribution in [0.2, 0.25) is 0 Å². The van der Waals surface area contributed by atoms with E-state index in [1.54, 1.807) is 0 Å². The fourth-order valence-electron chi connectivity index (χ4n) is 2.40. The van der Waals surface area contributed by atoms with Crippen LogP contribution in [-0.2, 0) is 10.0 Å². The first-order valence-corrected chi connectivity index (χ1v) is 7.94. The SMILES string of the molecule is O=[N+]([O-])c1c(F)cccc1S(=O)(=O)NC1CCCCC1O. The minimum atomic E-state index is -4.28. The largest absolute Gasteiger partial charge is 0.391 e. The molecule has 0 aromatic heterocycles. The van der Waals surface area contributed by atoms with Crippen LogP contribution in [-0.4, -0.2) is 30.6 Å². The number of nitrogens with one attached hydrogen (secondary N) is 1. The van der Waals surface area contributed by atoms with Gasteiger partial charge >= 0.3 is 5.69 Å². The third kappa shape index (κ3) is 3.36. The van der Waals surface area contributed by atoms with Gasteiger partial charge in [-0.25, -0.2) is 13.1 Å². The third-order valence-corrected chi connectivity index (χ3v) is 4.98. The number of hydrogen-bond donors (Lipinski definition) is 2. The zero-order valence-corrected chi connectivity index (χ0v) is 11.8. The summed E-state index contributed by atoms with van der Waals surface area (Å²) >= 11 is 0. The van der Waals surface area contributed by atoms with Gasteiger partial charge in [-0.2, -0.15) is 4.39 Å². The molecule has 1 aliphatic carbocycles. The zero-order chi connectivity index (χ0) is 15.6. The topological polar surface area (TPSA) is 110 Å². The Morgan fingerprint density at radius 1 is 1.33 bits per heavy atom. The summed E-state index contributed by atoms with van der Waals surface area (Å²) in [6, 6.07) is 2.17. The minimum Gasteiger partial charge on any atom is -0.391 e. The molecule has 2 unspecified atom stereocenters. The Kier molecular flexibility index (Phi) is 4.55. The molecule has 2 N–H and O–H groups in total. The van der Waals surface area contributed by atoms with E-state index in [4.69, 9.17) is 0 Å². The highest BCUT2D eigenvalue weighted by molar-refractivity contribution is 7.89. The molecular weight excluding hydrogens is 303 g/mol. The van der Waals surface area contributed by atoms with Crippen molar-refractivity contribution in [1.82, 2.24) is 4.72 Å². The highest BCUT2D eigenvalue weighted by Crippen LogP contribution is 2.28. The smallest absolute Gasteiger partial charge is 0.324 e. The highest BCUT2D eigenvalue weighted by Gasteiger charge is 2.33. The number of hydrogen-bond acceptors (Lipinski definition) is 5. The molecule has 0 bridgehead atoms. The average Bonchev–Trinajstić information content (AvgIpc) is 2.40. The normalized spacial score (nSPS) is 23.0. The molecule has 2 rings (SSSR count). The Hall–Kier alpha value is -1.58. The molecule has 0 heterocycles. The van der Waals surface area contributed by atoms with Crippen LogP contribution in [0.25, 0.3) is 0 Å². The van der Waals surface area contributed by atoms with E-state index in [0.29, 0.717) is 12.8 Å². The lowest BCUT2D eigenvalue weighted by atomic mass is 9.93. The Morgan fingerprint density at radius 2 is 2.00 bits per heavy atom. The van der Waals surface area contributed by atoms with E-state index in [2.05, 4.69) is 4.72 Å². The maximum Gasteiger partial charge on any atom is 0.324 e. The summed E-state index contributed by atoms with van der Waals surface area (Å²) in [4.78, 5) is 9.07. The first-order chi connectivity index (χ1) is 9.83. The van der Waals surface area contributed by atoms with Crippen LogP contribution in [0.4, 0.5) is 10.1 Å². The number of nitro groups is 1. The number of nitrogens with zero attached hydrogens (tertiary/aromatic N) is 1. The van der Waals surface area contributed by atoms with Crippen LogP contribution in [0, 0.1) is 15.9 Å². The molecule has 1 aliphatic rings. The Morgan fingerprint density at radius 3 is 2.62 bits per heavy atom. The van der Waals surface area contributed by atoms with Gasteiger partial charge < -0.3 is 5.11 Å². The summed E-state index contributed by atoms with van der Waals surface area (Å²) < 4.78 is 40.2. The second-order valence-corrected chi connectivity index (χ2v) is 6.61. The molecular formula is C12H15FN2O5S. The van der Waals surface area contributed by atoms with Gasteiger partial charge in [0.1, 0.15) is 0 Å². The third-order valence-electron chi connectivity index (χ3n) is 3.46. The van der Waals surface area contributed by atoms with Crippen molar-refractivity contribution in [1.29, 1.82) is 0 Å². The second kappa shape index (κ2) is 6.04. The molecule has 1 fully saturated rings. The number of rotatable bonds is 4. The molecule has 116 valence electrons. The number of aliphatic hydroxyl groups is 1. The van der Waals surface area contributed by atoms with E-state index in [-0.39, 0.29) is 0 Å². The van der Waals surface area contributed by atoms with Gasteiger partial charge in [-0.1, -0.05) is 18.9 Å². The van der Waals surface area contributed by atoms with Crippen LogP contribution >= 0.6 is 0 Å². The maximum atomic E-state index is 13.5. The van der Waals surface area contributed by atoms with E-state index >= 15 is 0 Å².